The van der Waals surface area contributed by atoms with Gasteiger partial charge in [-0.25, -0.2) is 0 Å². The number of aliphatic hydroxyl groups is 1. The molecule has 5 heteroatoms. The molecule has 0 heterocycles. The molecule has 0 saturated carbocycles. The van der Waals surface area contributed by atoms with Gasteiger partial charge >= 0.3 is 11.9 Å². The molecule has 0 saturated heterocycles. The van der Waals surface area contributed by atoms with E-state index >= 15 is 0 Å². The maximum atomic E-state index is 12.4. The number of rotatable bonds is 66. The molecule has 470 valence electrons. The predicted octanol–water partition coefficient (Wildman–Crippen LogP) is 24.8. The Kier molecular flexibility index (Phi) is 68.8. The second-order valence-electron chi connectivity index (χ2n) is 23.9. The van der Waals surface area contributed by atoms with Gasteiger partial charge in [-0.1, -0.05) is 369 Å². The lowest BCUT2D eigenvalue weighted by molar-refractivity contribution is -0.161. The summed E-state index contributed by atoms with van der Waals surface area (Å²) in [5.41, 5.74) is 0. The third kappa shape index (κ3) is 69.5. The number of hydrogen-bond acceptors (Lipinski definition) is 5. The lowest BCUT2D eigenvalue weighted by Crippen LogP contribution is -2.28. The molecule has 0 aliphatic carbocycles. The zero-order valence-electron chi connectivity index (χ0n) is 54.0. The van der Waals surface area contributed by atoms with E-state index in [4.69, 9.17) is 9.47 Å². The Labute approximate surface area is 505 Å². The van der Waals surface area contributed by atoms with Gasteiger partial charge in [-0.15, -0.1) is 0 Å². The van der Waals surface area contributed by atoms with Gasteiger partial charge in [-0.05, 0) is 70.6 Å². The van der Waals surface area contributed by atoms with E-state index in [9.17, 15) is 14.7 Å². The van der Waals surface area contributed by atoms with Crippen LogP contribution in [-0.2, 0) is 19.1 Å². The van der Waals surface area contributed by atoms with E-state index < -0.39 is 6.10 Å². The Morgan fingerprint density at radius 1 is 0.296 bits per heavy atom. The van der Waals surface area contributed by atoms with Crippen LogP contribution in [0.5, 0.6) is 0 Å². The first-order chi connectivity index (χ1) is 40.1. The van der Waals surface area contributed by atoms with Crippen molar-refractivity contribution in [2.75, 3.05) is 13.2 Å². The molecule has 0 bridgehead atoms. The number of allylic oxidation sites excluding steroid dienone is 14. The minimum absolute atomic E-state index is 0.0709. The van der Waals surface area contributed by atoms with Crippen molar-refractivity contribution in [3.8, 4) is 0 Å². The molecule has 0 amide bonds. The number of esters is 2. The quantitative estimate of drug-likeness (QED) is 0.0373. The van der Waals surface area contributed by atoms with Gasteiger partial charge in [-0.3, -0.25) is 9.59 Å². The highest BCUT2D eigenvalue weighted by molar-refractivity contribution is 5.70. The molecule has 81 heavy (non-hydrogen) atoms. The van der Waals surface area contributed by atoms with Crippen LogP contribution >= 0.6 is 0 Å². The van der Waals surface area contributed by atoms with Crippen LogP contribution in [0.15, 0.2) is 85.1 Å². The molecule has 0 spiro atoms. The normalized spacial score (nSPS) is 12.7. The lowest BCUT2D eigenvalue weighted by atomic mass is 10.0. The average molecular weight is 1130 g/mol. The highest BCUT2D eigenvalue weighted by Gasteiger charge is 2.16. The van der Waals surface area contributed by atoms with Gasteiger partial charge in [0.1, 0.15) is 6.61 Å². The monoisotopic (exact) mass is 1130 g/mol. The van der Waals surface area contributed by atoms with Crippen LogP contribution in [0.4, 0.5) is 0 Å². The van der Waals surface area contributed by atoms with Crippen molar-refractivity contribution >= 4 is 11.9 Å². The third-order valence-electron chi connectivity index (χ3n) is 16.0. The Bertz CT molecular complexity index is 1470. The topological polar surface area (TPSA) is 72.8 Å². The maximum Gasteiger partial charge on any atom is 0.306 e. The largest absolute Gasteiger partial charge is 0.462 e. The molecule has 0 fully saturated rings. The summed E-state index contributed by atoms with van der Waals surface area (Å²) in [6.07, 6.45) is 101. The fourth-order valence-corrected chi connectivity index (χ4v) is 10.7. The summed E-state index contributed by atoms with van der Waals surface area (Å²) in [4.78, 5) is 24.6. The Morgan fingerprint density at radius 3 is 0.802 bits per heavy atom. The average Bonchev–Trinajstić information content (AvgIpc) is 3.47. The first kappa shape index (κ1) is 78.1. The lowest BCUT2D eigenvalue weighted by Gasteiger charge is -2.15. The molecule has 0 aromatic carbocycles. The van der Waals surface area contributed by atoms with Crippen LogP contribution in [0.25, 0.3) is 0 Å². The molecule has 1 atom stereocenters. The van der Waals surface area contributed by atoms with Crippen molar-refractivity contribution in [2.24, 2.45) is 0 Å². The fraction of sp³-hybridized carbons (Fsp3) is 0.789. The van der Waals surface area contributed by atoms with Crippen molar-refractivity contribution < 1.29 is 24.2 Å². The number of carbonyl (C=O) groups is 2. The number of unbranched alkanes of at least 4 members (excludes halogenated alkanes) is 44. The molecular formula is C76H136O5. The summed E-state index contributed by atoms with van der Waals surface area (Å²) in [6, 6.07) is 0. The van der Waals surface area contributed by atoms with Crippen LogP contribution in [0.2, 0.25) is 0 Å². The molecule has 5 nitrogen and oxygen atoms in total. The Hall–Kier alpha value is -2.92. The van der Waals surface area contributed by atoms with E-state index in [1.165, 1.54) is 250 Å². The summed E-state index contributed by atoms with van der Waals surface area (Å²) >= 11 is 0. The smallest absolute Gasteiger partial charge is 0.306 e. The van der Waals surface area contributed by atoms with Gasteiger partial charge < -0.3 is 14.6 Å². The molecule has 0 aliphatic rings. The molecule has 0 radical (unpaired) electrons. The molecular weight excluding hydrogens is 993 g/mol. The van der Waals surface area contributed by atoms with Crippen molar-refractivity contribution in [1.29, 1.82) is 0 Å². The zero-order chi connectivity index (χ0) is 58.4. The maximum absolute atomic E-state index is 12.4. The van der Waals surface area contributed by atoms with Crippen LogP contribution < -0.4 is 0 Å². The van der Waals surface area contributed by atoms with E-state index in [1.54, 1.807) is 0 Å². The molecule has 1 N–H and O–H groups in total. The number of carbonyl (C=O) groups excluding carboxylic acids is 2. The van der Waals surface area contributed by atoms with Crippen molar-refractivity contribution in [3.05, 3.63) is 85.1 Å². The second-order valence-corrected chi connectivity index (χ2v) is 23.9. The zero-order valence-corrected chi connectivity index (χ0v) is 54.0. The fourth-order valence-electron chi connectivity index (χ4n) is 10.7. The number of ether oxygens (including phenoxy) is 2. The minimum atomic E-state index is -0.784. The van der Waals surface area contributed by atoms with Gasteiger partial charge in [0.2, 0.25) is 0 Å². The van der Waals surface area contributed by atoms with Crippen LogP contribution in [-0.4, -0.2) is 36.4 Å². The highest BCUT2D eigenvalue weighted by atomic mass is 16.6. The van der Waals surface area contributed by atoms with E-state index in [0.29, 0.717) is 12.8 Å². The van der Waals surface area contributed by atoms with Gasteiger partial charge in [-0.2, -0.15) is 0 Å². The molecule has 0 aliphatic heterocycles. The van der Waals surface area contributed by atoms with Crippen molar-refractivity contribution in [3.63, 3.8) is 0 Å². The molecule has 1 unspecified atom stereocenters. The Balaban J connectivity index is 3.43. The number of aliphatic hydroxyl groups excluding tert-OH is 1. The summed E-state index contributed by atoms with van der Waals surface area (Å²) in [5.74, 6) is -0.592. The standard InChI is InChI=1S/C76H136O5/c1-3-5-7-9-11-13-15-17-19-21-23-25-27-29-31-33-34-35-36-37-38-39-40-41-43-44-46-48-50-52-54-56-58-60-62-64-66-68-70-75(78)80-73-74(72-77)81-76(79)71-69-67-65-63-61-59-57-55-53-51-49-47-45-42-32-30-28-26-24-22-20-18-16-14-12-10-8-6-4-2/h6,8,12,14,18,20,24,26,30,32,45,47,51,53,74,77H,3-5,7,9-11,13,15-17,19,21-23,25,27-29,31,33-44,46,48-50,52,54-73H2,1-2H3/b8-6-,14-12-,20-18-,26-24-,32-30-,47-45-,53-51-. The Morgan fingerprint density at radius 2 is 0.531 bits per heavy atom. The van der Waals surface area contributed by atoms with Gasteiger partial charge in [0.05, 0.1) is 6.61 Å². The summed E-state index contributed by atoms with van der Waals surface area (Å²) in [6.45, 7) is 4.06. The molecule has 0 aromatic rings. The van der Waals surface area contributed by atoms with Gasteiger partial charge in [0.15, 0.2) is 6.10 Å². The number of hydrogen-bond donors (Lipinski definition) is 1. The van der Waals surface area contributed by atoms with Crippen LogP contribution in [0.3, 0.4) is 0 Å². The summed E-state index contributed by atoms with van der Waals surface area (Å²) < 4.78 is 10.8. The SMILES string of the molecule is CC/C=C\C/C=C\C/C=C\C/C=C\C/C=C\C/C=C\C/C=C\CCCCCCCCCC(=O)OC(CO)COC(=O)CCCCCCCCCCCCCCCCCCCCCCCCCCCCCCCCCCCCCCCC. The van der Waals surface area contributed by atoms with E-state index in [-0.39, 0.29) is 25.2 Å². The second kappa shape index (κ2) is 71.3. The van der Waals surface area contributed by atoms with E-state index in [0.717, 1.165) is 89.9 Å². The summed E-state index contributed by atoms with van der Waals surface area (Å²) in [5, 5.41) is 9.70. The molecule has 0 rings (SSSR count). The highest BCUT2D eigenvalue weighted by Crippen LogP contribution is 2.19. The van der Waals surface area contributed by atoms with Crippen LogP contribution in [0, 0.1) is 0 Å². The van der Waals surface area contributed by atoms with Crippen molar-refractivity contribution in [2.45, 2.75) is 373 Å². The van der Waals surface area contributed by atoms with Gasteiger partial charge in [0.25, 0.3) is 0 Å². The third-order valence-corrected chi connectivity index (χ3v) is 16.0. The van der Waals surface area contributed by atoms with Crippen LogP contribution in [0.1, 0.15) is 367 Å². The summed E-state index contributed by atoms with van der Waals surface area (Å²) in [7, 11) is 0. The first-order valence-electron chi connectivity index (χ1n) is 35.6. The predicted molar refractivity (Wildman–Crippen MR) is 357 cm³/mol. The minimum Gasteiger partial charge on any atom is -0.462 e. The first-order valence-corrected chi connectivity index (χ1v) is 35.6. The van der Waals surface area contributed by atoms with E-state index in [2.05, 4.69) is 98.9 Å². The molecule has 0 aromatic heterocycles. The van der Waals surface area contributed by atoms with E-state index in [1.807, 2.05) is 0 Å². The van der Waals surface area contributed by atoms with Crippen molar-refractivity contribution in [1.82, 2.24) is 0 Å². The van der Waals surface area contributed by atoms with Gasteiger partial charge in [0, 0.05) is 12.8 Å².